The second-order valence-electron chi connectivity index (χ2n) is 7.00. The van der Waals surface area contributed by atoms with E-state index >= 15 is 0 Å². The third-order valence-electron chi connectivity index (χ3n) is 5.24. The highest BCUT2D eigenvalue weighted by Crippen LogP contribution is 2.42. The van der Waals surface area contributed by atoms with Gasteiger partial charge in [-0.1, -0.05) is 23.3 Å². The molecule has 4 aromatic rings. The number of aromatic amines is 1. The molecule has 7 heteroatoms. The highest BCUT2D eigenvalue weighted by Gasteiger charge is 2.37. The summed E-state index contributed by atoms with van der Waals surface area (Å²) in [6.45, 7) is 0.767. The molecule has 1 fully saturated rings. The van der Waals surface area contributed by atoms with Crippen LogP contribution < -0.4 is 4.90 Å². The zero-order valence-electron chi connectivity index (χ0n) is 14.1. The van der Waals surface area contributed by atoms with Gasteiger partial charge in [0, 0.05) is 30.0 Å². The molecule has 1 aliphatic heterocycles. The van der Waals surface area contributed by atoms with Gasteiger partial charge < -0.3 is 18.7 Å². The van der Waals surface area contributed by atoms with Gasteiger partial charge in [-0.15, -0.1) is 5.10 Å². The zero-order chi connectivity index (χ0) is 17.1. The van der Waals surface area contributed by atoms with Crippen molar-refractivity contribution >= 4 is 17.0 Å². The number of nitrogens with one attached hydrogen (secondary N) is 1. The summed E-state index contributed by atoms with van der Waals surface area (Å²) in [6, 6.07) is 10.5. The molecular weight excluding hydrogens is 330 g/mol. The van der Waals surface area contributed by atoms with E-state index in [0.717, 1.165) is 59.8 Å². The minimum Gasteiger partial charge on any atom is -0.458 e. The van der Waals surface area contributed by atoms with Gasteiger partial charge in [-0.2, -0.15) is 0 Å². The Kier molecular flexibility index (Phi) is 2.83. The van der Waals surface area contributed by atoms with Gasteiger partial charge in [0.25, 0.3) is 0 Å². The summed E-state index contributed by atoms with van der Waals surface area (Å²) in [5, 5.41) is 9.65. The molecule has 1 N–H and O–H groups in total. The van der Waals surface area contributed by atoms with Crippen molar-refractivity contribution in [3.63, 3.8) is 0 Å². The lowest BCUT2D eigenvalue weighted by atomic mass is 10.0. The maximum Gasteiger partial charge on any atom is 0.319 e. The van der Waals surface area contributed by atoms with E-state index in [2.05, 4.69) is 37.2 Å². The van der Waals surface area contributed by atoms with E-state index in [9.17, 15) is 0 Å². The minimum atomic E-state index is -0.176. The number of hydrogen-bond acceptors (Lipinski definition) is 6. The summed E-state index contributed by atoms with van der Waals surface area (Å²) < 4.78 is 12.2. The van der Waals surface area contributed by atoms with E-state index in [1.807, 2.05) is 18.2 Å². The summed E-state index contributed by atoms with van der Waals surface area (Å²) in [5.41, 5.74) is 2.96. The van der Waals surface area contributed by atoms with Crippen molar-refractivity contribution in [3.05, 3.63) is 59.7 Å². The van der Waals surface area contributed by atoms with Gasteiger partial charge in [0.05, 0.1) is 12.0 Å². The second kappa shape index (κ2) is 5.20. The fourth-order valence-electron chi connectivity index (χ4n) is 3.75. The normalized spacial score (nSPS) is 19.8. The molecule has 26 heavy (non-hydrogen) atoms. The van der Waals surface area contributed by atoms with Gasteiger partial charge in [-0.25, -0.2) is 4.98 Å². The topological polar surface area (TPSA) is 84.0 Å². The third-order valence-corrected chi connectivity index (χ3v) is 5.24. The molecule has 0 bridgehead atoms. The Morgan fingerprint density at radius 3 is 2.92 bits per heavy atom. The van der Waals surface area contributed by atoms with Crippen LogP contribution in [-0.2, 0) is 6.42 Å². The van der Waals surface area contributed by atoms with Crippen molar-refractivity contribution in [1.82, 2.24) is 20.2 Å². The smallest absolute Gasteiger partial charge is 0.319 e. The number of H-pyrrole nitrogens is 1. The van der Waals surface area contributed by atoms with Gasteiger partial charge in [0.1, 0.15) is 17.4 Å². The molecular formula is C19H17N5O2. The Morgan fingerprint density at radius 1 is 1.12 bits per heavy atom. The highest BCUT2D eigenvalue weighted by molar-refractivity contribution is 5.78. The van der Waals surface area contributed by atoms with Crippen molar-refractivity contribution in [2.45, 2.75) is 31.2 Å². The van der Waals surface area contributed by atoms with Crippen LogP contribution in [0.4, 0.5) is 6.01 Å². The highest BCUT2D eigenvalue weighted by atomic mass is 16.4. The number of nitrogens with zero attached hydrogens (tertiary/aromatic N) is 4. The fourth-order valence-corrected chi connectivity index (χ4v) is 3.75. The average Bonchev–Trinajstić information content (AvgIpc) is 3.10. The summed E-state index contributed by atoms with van der Waals surface area (Å²) in [5.74, 6) is 2.02. The summed E-state index contributed by atoms with van der Waals surface area (Å²) >= 11 is 0. The summed E-state index contributed by atoms with van der Waals surface area (Å²) in [4.78, 5) is 9.93. The molecule has 1 atom stereocenters. The fraction of sp³-hybridized carbons (Fsp3) is 0.316. The van der Waals surface area contributed by atoms with Gasteiger partial charge in [-0.3, -0.25) is 0 Å². The Balaban J connectivity index is 1.48. The van der Waals surface area contributed by atoms with Crippen LogP contribution >= 0.6 is 0 Å². The zero-order valence-corrected chi connectivity index (χ0v) is 14.1. The quantitative estimate of drug-likeness (QED) is 0.610. The standard InChI is InChI=1S/C19H17N5O2/c1-2-4-14-12(3-1)9-15(25-14)17-16-13(20-10-21-16)7-8-24(17)19-23-22-18(26-19)11-5-6-11/h1-4,9-11,17H,5-8H2,(H,20,21)/t17-/m1/s1. The molecule has 130 valence electrons. The van der Waals surface area contributed by atoms with Crippen molar-refractivity contribution in [3.8, 4) is 0 Å². The summed E-state index contributed by atoms with van der Waals surface area (Å²) in [6.07, 6.45) is 4.87. The van der Waals surface area contributed by atoms with Crippen LogP contribution in [0.2, 0.25) is 0 Å². The molecule has 0 amide bonds. The molecule has 7 nitrogen and oxygen atoms in total. The Bertz CT molecular complexity index is 1060. The Morgan fingerprint density at radius 2 is 2.04 bits per heavy atom. The average molecular weight is 347 g/mol. The number of para-hydroxylation sites is 1. The molecule has 1 aromatic carbocycles. The Labute approximate surface area is 149 Å². The van der Waals surface area contributed by atoms with Crippen LogP contribution in [0.1, 0.15) is 47.8 Å². The van der Waals surface area contributed by atoms with E-state index in [1.54, 1.807) is 6.33 Å². The number of furan rings is 1. The maximum absolute atomic E-state index is 6.17. The van der Waals surface area contributed by atoms with Crippen LogP contribution in [0, 0.1) is 0 Å². The van der Waals surface area contributed by atoms with Crippen LogP contribution in [0.15, 0.2) is 45.5 Å². The lowest BCUT2D eigenvalue weighted by Crippen LogP contribution is -2.36. The molecule has 0 radical (unpaired) electrons. The predicted octanol–water partition coefficient (Wildman–Crippen LogP) is 3.57. The SMILES string of the molecule is c1ccc2oc([C@@H]3c4nc[nH]c4CCN3c3nnc(C4CC4)o3)cc2c1. The van der Waals surface area contributed by atoms with E-state index in [0.29, 0.717) is 11.9 Å². The van der Waals surface area contributed by atoms with E-state index in [-0.39, 0.29) is 6.04 Å². The predicted molar refractivity (Wildman–Crippen MR) is 94.0 cm³/mol. The van der Waals surface area contributed by atoms with E-state index in [1.165, 1.54) is 0 Å². The molecule has 0 unspecified atom stereocenters. The van der Waals surface area contributed by atoms with Crippen molar-refractivity contribution in [2.75, 3.05) is 11.4 Å². The number of benzene rings is 1. The van der Waals surface area contributed by atoms with Crippen LogP contribution in [0.5, 0.6) is 0 Å². The lowest BCUT2D eigenvalue weighted by molar-refractivity contribution is 0.435. The number of imidazole rings is 1. The molecule has 1 aliphatic carbocycles. The molecule has 3 aromatic heterocycles. The first kappa shape index (κ1) is 14.1. The number of aromatic nitrogens is 4. The first-order valence-corrected chi connectivity index (χ1v) is 8.97. The minimum absolute atomic E-state index is 0.176. The van der Waals surface area contributed by atoms with Crippen LogP contribution in [-0.4, -0.2) is 26.7 Å². The van der Waals surface area contributed by atoms with Gasteiger partial charge >= 0.3 is 6.01 Å². The van der Waals surface area contributed by atoms with E-state index in [4.69, 9.17) is 8.83 Å². The van der Waals surface area contributed by atoms with Crippen molar-refractivity contribution in [1.29, 1.82) is 0 Å². The number of rotatable bonds is 3. The second-order valence-corrected chi connectivity index (χ2v) is 7.00. The number of hydrogen-bond donors (Lipinski definition) is 1. The molecule has 1 saturated carbocycles. The largest absolute Gasteiger partial charge is 0.458 e. The van der Waals surface area contributed by atoms with Crippen LogP contribution in [0.3, 0.4) is 0 Å². The monoisotopic (exact) mass is 347 g/mol. The number of fused-ring (bicyclic) bond motifs is 2. The summed E-state index contributed by atoms with van der Waals surface area (Å²) in [7, 11) is 0. The Hall–Kier alpha value is -3.09. The molecule has 6 rings (SSSR count). The van der Waals surface area contributed by atoms with E-state index < -0.39 is 0 Å². The maximum atomic E-state index is 6.17. The third kappa shape index (κ3) is 2.09. The molecule has 0 spiro atoms. The first-order valence-electron chi connectivity index (χ1n) is 8.97. The van der Waals surface area contributed by atoms with Crippen molar-refractivity contribution < 1.29 is 8.83 Å². The number of anilines is 1. The van der Waals surface area contributed by atoms with Gasteiger partial charge in [0.15, 0.2) is 0 Å². The van der Waals surface area contributed by atoms with Gasteiger partial charge in [-0.05, 0) is 25.0 Å². The first-order chi connectivity index (χ1) is 12.9. The van der Waals surface area contributed by atoms with Crippen molar-refractivity contribution in [2.24, 2.45) is 0 Å². The molecule has 2 aliphatic rings. The lowest BCUT2D eigenvalue weighted by Gasteiger charge is -2.32. The van der Waals surface area contributed by atoms with Crippen LogP contribution in [0.25, 0.3) is 11.0 Å². The molecule has 0 saturated heterocycles. The van der Waals surface area contributed by atoms with Gasteiger partial charge in [0.2, 0.25) is 5.89 Å². The molecule has 4 heterocycles.